The fourth-order valence-electron chi connectivity index (χ4n) is 1.44. The summed E-state index contributed by atoms with van der Waals surface area (Å²) in [5, 5.41) is 10.6. The van der Waals surface area contributed by atoms with Crippen LogP contribution in [0.5, 0.6) is 0 Å². The smallest absolute Gasteiger partial charge is 0.171 e. The number of rotatable bonds is 1. The van der Waals surface area contributed by atoms with E-state index < -0.39 is 0 Å². The number of hydrogen-bond acceptors (Lipinski definition) is 3. The van der Waals surface area contributed by atoms with E-state index in [-0.39, 0.29) is 6.29 Å². The molecule has 2 fully saturated rings. The average molecular weight is 172 g/mol. The molecule has 0 saturated carbocycles. The summed E-state index contributed by atoms with van der Waals surface area (Å²) in [5.74, 6) is 0. The van der Waals surface area contributed by atoms with Crippen molar-refractivity contribution in [3.05, 3.63) is 0 Å². The summed E-state index contributed by atoms with van der Waals surface area (Å²) in [6.45, 7) is 4.04. The van der Waals surface area contributed by atoms with Gasteiger partial charge in [0.1, 0.15) is 6.29 Å². The summed E-state index contributed by atoms with van der Waals surface area (Å²) in [6.07, 6.45) is 0.262. The maximum Gasteiger partial charge on any atom is 0.171 e. The lowest BCUT2D eigenvalue weighted by atomic mass is 10.6. The highest BCUT2D eigenvalue weighted by molar-refractivity contribution is 7.80. The normalized spacial score (nSPS) is 26.2. The van der Waals surface area contributed by atoms with E-state index in [1.165, 1.54) is 0 Å². The Kier molecular flexibility index (Phi) is 1.93. The van der Waals surface area contributed by atoms with Crippen molar-refractivity contribution in [2.75, 3.05) is 26.2 Å². The molecule has 0 spiro atoms. The van der Waals surface area contributed by atoms with Gasteiger partial charge in [-0.1, -0.05) is 0 Å². The quantitative estimate of drug-likeness (QED) is 0.427. The summed E-state index contributed by atoms with van der Waals surface area (Å²) in [5.41, 5.74) is 0. The zero-order valence-corrected chi connectivity index (χ0v) is 7.08. The molecule has 5 heteroatoms. The Morgan fingerprint density at radius 2 is 2.00 bits per heavy atom. The Hall–Kier alpha value is -0.390. The number of nitrogens with one attached hydrogen (secondary N) is 3. The van der Waals surface area contributed by atoms with Crippen LogP contribution in [0.1, 0.15) is 0 Å². The van der Waals surface area contributed by atoms with Crippen LogP contribution in [0.4, 0.5) is 0 Å². The lowest BCUT2D eigenvalue weighted by molar-refractivity contribution is 0.293. The Bertz CT molecular complexity index is 166. The molecular formula is C6H12N4S. The molecule has 2 aliphatic heterocycles. The molecule has 2 saturated heterocycles. The molecular weight excluding hydrogens is 160 g/mol. The average Bonchev–Trinajstić information content (AvgIpc) is 2.55. The van der Waals surface area contributed by atoms with Crippen LogP contribution in [0.15, 0.2) is 0 Å². The number of hydrogen-bond donors (Lipinski definition) is 3. The van der Waals surface area contributed by atoms with Gasteiger partial charge in [-0.3, -0.25) is 10.6 Å². The van der Waals surface area contributed by atoms with E-state index in [4.69, 9.17) is 12.2 Å². The minimum atomic E-state index is 0.262. The molecule has 2 aliphatic rings. The van der Waals surface area contributed by atoms with Gasteiger partial charge in [0.2, 0.25) is 0 Å². The van der Waals surface area contributed by atoms with E-state index in [1.807, 2.05) is 0 Å². The van der Waals surface area contributed by atoms with Crippen molar-refractivity contribution in [3.8, 4) is 0 Å². The van der Waals surface area contributed by atoms with Crippen molar-refractivity contribution in [3.63, 3.8) is 0 Å². The van der Waals surface area contributed by atoms with E-state index in [0.717, 1.165) is 31.3 Å². The predicted molar refractivity (Wildman–Crippen MR) is 47.1 cm³/mol. The molecule has 0 atom stereocenters. The van der Waals surface area contributed by atoms with Gasteiger partial charge in [-0.25, -0.2) is 0 Å². The fraction of sp³-hybridized carbons (Fsp3) is 0.833. The molecule has 2 heterocycles. The second kappa shape index (κ2) is 2.92. The molecule has 0 aromatic rings. The predicted octanol–water partition coefficient (Wildman–Crippen LogP) is -1.35. The van der Waals surface area contributed by atoms with E-state index in [2.05, 4.69) is 20.9 Å². The first-order valence-corrected chi connectivity index (χ1v) is 4.30. The van der Waals surface area contributed by atoms with Crippen LogP contribution in [0.2, 0.25) is 0 Å². The Morgan fingerprint density at radius 3 is 2.55 bits per heavy atom. The molecule has 0 radical (unpaired) electrons. The summed E-state index contributed by atoms with van der Waals surface area (Å²) in [6, 6.07) is 0. The highest BCUT2D eigenvalue weighted by Gasteiger charge is 2.26. The highest BCUT2D eigenvalue weighted by Crippen LogP contribution is 2.01. The summed E-state index contributed by atoms with van der Waals surface area (Å²) < 4.78 is 0. The molecule has 0 bridgehead atoms. The van der Waals surface area contributed by atoms with Gasteiger partial charge in [0.25, 0.3) is 0 Å². The highest BCUT2D eigenvalue weighted by atomic mass is 32.1. The molecule has 0 amide bonds. The lowest BCUT2D eigenvalue weighted by Crippen LogP contribution is -2.49. The summed E-state index contributed by atoms with van der Waals surface area (Å²) in [7, 11) is 0. The van der Waals surface area contributed by atoms with E-state index in [9.17, 15) is 0 Å². The van der Waals surface area contributed by atoms with Crippen LogP contribution in [-0.2, 0) is 0 Å². The second-order valence-electron chi connectivity index (χ2n) is 2.74. The molecule has 0 aliphatic carbocycles. The van der Waals surface area contributed by atoms with Crippen LogP contribution < -0.4 is 16.0 Å². The molecule has 11 heavy (non-hydrogen) atoms. The standard InChI is InChI=1S/C6H12N4S/c11-6-9-3-4-10(6)5-7-1-2-8-5/h5,7-8H,1-4H2,(H,9,11). The third kappa shape index (κ3) is 1.31. The maximum atomic E-state index is 5.11. The van der Waals surface area contributed by atoms with Crippen molar-refractivity contribution in [2.24, 2.45) is 0 Å². The number of nitrogens with zero attached hydrogens (tertiary/aromatic N) is 1. The number of thiocarbonyl (C=S) groups is 1. The van der Waals surface area contributed by atoms with Gasteiger partial charge in [-0.05, 0) is 12.2 Å². The Morgan fingerprint density at radius 1 is 1.27 bits per heavy atom. The van der Waals surface area contributed by atoms with Crippen molar-refractivity contribution in [1.82, 2.24) is 20.9 Å². The van der Waals surface area contributed by atoms with Crippen molar-refractivity contribution >= 4 is 17.3 Å². The van der Waals surface area contributed by atoms with Gasteiger partial charge >= 0.3 is 0 Å². The molecule has 2 rings (SSSR count). The topological polar surface area (TPSA) is 39.3 Å². The molecule has 0 aromatic heterocycles. The van der Waals surface area contributed by atoms with Crippen molar-refractivity contribution < 1.29 is 0 Å². The minimum absolute atomic E-state index is 0.262. The third-order valence-corrected chi connectivity index (χ3v) is 2.38. The van der Waals surface area contributed by atoms with Gasteiger partial charge in [-0.2, -0.15) is 0 Å². The van der Waals surface area contributed by atoms with Gasteiger partial charge in [-0.15, -0.1) is 0 Å². The Balaban J connectivity index is 1.97. The van der Waals surface area contributed by atoms with E-state index in [1.54, 1.807) is 0 Å². The molecule has 62 valence electrons. The van der Waals surface area contributed by atoms with Crippen LogP contribution in [0.25, 0.3) is 0 Å². The van der Waals surface area contributed by atoms with Crippen molar-refractivity contribution in [1.29, 1.82) is 0 Å². The largest absolute Gasteiger partial charge is 0.361 e. The SMILES string of the molecule is S=C1NCCN1C1NCCN1. The van der Waals surface area contributed by atoms with E-state index in [0.29, 0.717) is 0 Å². The molecule has 4 nitrogen and oxygen atoms in total. The maximum absolute atomic E-state index is 5.11. The summed E-state index contributed by atoms with van der Waals surface area (Å²) in [4.78, 5) is 2.14. The van der Waals surface area contributed by atoms with Gasteiger partial charge in [0.05, 0.1) is 0 Å². The van der Waals surface area contributed by atoms with Gasteiger partial charge in [0, 0.05) is 26.2 Å². The van der Waals surface area contributed by atoms with Gasteiger partial charge in [0.15, 0.2) is 5.11 Å². The van der Waals surface area contributed by atoms with Gasteiger partial charge < -0.3 is 10.2 Å². The lowest BCUT2D eigenvalue weighted by Gasteiger charge is -2.24. The van der Waals surface area contributed by atoms with Crippen LogP contribution in [-0.4, -0.2) is 42.5 Å². The molecule has 0 aromatic carbocycles. The third-order valence-electron chi connectivity index (χ3n) is 2.00. The summed E-state index contributed by atoms with van der Waals surface area (Å²) >= 11 is 5.11. The van der Waals surface area contributed by atoms with E-state index >= 15 is 0 Å². The second-order valence-corrected chi connectivity index (χ2v) is 3.12. The Labute approximate surface area is 71.3 Å². The fourth-order valence-corrected chi connectivity index (χ4v) is 1.74. The molecule has 3 N–H and O–H groups in total. The first kappa shape index (κ1) is 7.27. The first-order chi connectivity index (χ1) is 5.38. The van der Waals surface area contributed by atoms with Crippen LogP contribution in [0.3, 0.4) is 0 Å². The molecule has 0 unspecified atom stereocenters. The van der Waals surface area contributed by atoms with Crippen molar-refractivity contribution in [2.45, 2.75) is 6.29 Å². The zero-order valence-electron chi connectivity index (χ0n) is 6.26. The minimum Gasteiger partial charge on any atom is -0.361 e. The zero-order chi connectivity index (χ0) is 7.68. The first-order valence-electron chi connectivity index (χ1n) is 3.89. The monoisotopic (exact) mass is 172 g/mol. The van der Waals surface area contributed by atoms with Crippen LogP contribution in [0, 0.1) is 0 Å². The van der Waals surface area contributed by atoms with Crippen LogP contribution >= 0.6 is 12.2 Å².